The Hall–Kier alpha value is -3.63. The Kier molecular flexibility index (Phi) is 7.41. The predicted molar refractivity (Wildman–Crippen MR) is 123 cm³/mol. The van der Waals surface area contributed by atoms with E-state index in [0.29, 0.717) is 23.7 Å². The van der Waals surface area contributed by atoms with E-state index in [-0.39, 0.29) is 12.3 Å². The number of hydrogen-bond acceptors (Lipinski definition) is 5. The summed E-state index contributed by atoms with van der Waals surface area (Å²) in [6.07, 6.45) is 1.80. The maximum atomic E-state index is 10.8. The largest absolute Gasteiger partial charge is 0.490 e. The van der Waals surface area contributed by atoms with Crippen molar-refractivity contribution in [2.75, 3.05) is 6.61 Å². The average molecular weight is 479 g/mol. The van der Waals surface area contributed by atoms with Crippen molar-refractivity contribution in [3.63, 3.8) is 0 Å². The van der Waals surface area contributed by atoms with Gasteiger partial charge in [0.1, 0.15) is 6.61 Å². The Balaban J connectivity index is 1.80. The van der Waals surface area contributed by atoms with Crippen LogP contribution in [-0.2, 0) is 6.61 Å². The van der Waals surface area contributed by atoms with Crippen molar-refractivity contribution in [2.24, 2.45) is 0 Å². The van der Waals surface area contributed by atoms with Crippen LogP contribution in [0.4, 0.5) is 5.69 Å². The predicted octanol–water partition coefficient (Wildman–Crippen LogP) is 6.40. The number of nitro benzene ring substituents is 1. The summed E-state index contributed by atoms with van der Waals surface area (Å²) >= 11 is 3.40. The first-order valence-electron chi connectivity index (χ1n) is 9.51. The fourth-order valence-electron chi connectivity index (χ4n) is 2.85. The summed E-state index contributed by atoms with van der Waals surface area (Å²) in [4.78, 5) is 10.3. The van der Waals surface area contributed by atoms with E-state index in [1.54, 1.807) is 24.3 Å². The molecule has 0 amide bonds. The van der Waals surface area contributed by atoms with Gasteiger partial charge in [0.25, 0.3) is 5.69 Å². The number of non-ortho nitro benzene ring substituents is 1. The molecule has 0 radical (unpaired) electrons. The number of allylic oxidation sites excluding steroid dienone is 1. The highest BCUT2D eigenvalue weighted by Crippen LogP contribution is 2.31. The number of ether oxygens (including phenoxy) is 2. The van der Waals surface area contributed by atoms with Crippen molar-refractivity contribution in [3.05, 3.63) is 98.0 Å². The molecule has 156 valence electrons. The first kappa shape index (κ1) is 22.1. The van der Waals surface area contributed by atoms with Crippen LogP contribution in [-0.4, -0.2) is 11.5 Å². The number of halogens is 1. The zero-order valence-corrected chi connectivity index (χ0v) is 18.3. The van der Waals surface area contributed by atoms with Crippen LogP contribution in [0.2, 0.25) is 0 Å². The quantitative estimate of drug-likeness (QED) is 0.162. The molecule has 0 spiro atoms. The lowest BCUT2D eigenvalue weighted by atomic mass is 10.0. The van der Waals surface area contributed by atoms with Gasteiger partial charge < -0.3 is 9.47 Å². The lowest BCUT2D eigenvalue weighted by molar-refractivity contribution is -0.384. The molecule has 0 atom stereocenters. The second-order valence-electron chi connectivity index (χ2n) is 6.53. The molecule has 0 aliphatic heterocycles. The van der Waals surface area contributed by atoms with Crippen LogP contribution in [0.1, 0.15) is 23.6 Å². The third-order valence-electron chi connectivity index (χ3n) is 4.40. The first-order valence-corrected chi connectivity index (χ1v) is 10.3. The standard InChI is InChI=1S/C24H19BrN2O4/c1-2-30-24-14-18(13-20(15-26)19-6-8-21(25)9-7-19)5-12-23(24)31-16-17-3-10-22(11-4-17)27(28)29/h3-14H,2,16H2,1H3/b20-13-. The van der Waals surface area contributed by atoms with Gasteiger partial charge in [0, 0.05) is 16.6 Å². The summed E-state index contributed by atoms with van der Waals surface area (Å²) in [5, 5.41) is 20.3. The zero-order valence-electron chi connectivity index (χ0n) is 16.7. The van der Waals surface area contributed by atoms with Gasteiger partial charge in [0.15, 0.2) is 11.5 Å². The topological polar surface area (TPSA) is 85.4 Å². The van der Waals surface area contributed by atoms with Crippen LogP contribution in [0.5, 0.6) is 11.5 Å². The molecule has 0 N–H and O–H groups in total. The van der Waals surface area contributed by atoms with Crippen LogP contribution >= 0.6 is 15.9 Å². The molecule has 0 unspecified atom stereocenters. The maximum absolute atomic E-state index is 10.8. The molecule has 0 fully saturated rings. The molecule has 6 nitrogen and oxygen atoms in total. The average Bonchev–Trinajstić information content (AvgIpc) is 2.78. The molecule has 0 aliphatic carbocycles. The van der Waals surface area contributed by atoms with Crippen LogP contribution in [0.25, 0.3) is 11.6 Å². The van der Waals surface area contributed by atoms with E-state index in [2.05, 4.69) is 22.0 Å². The van der Waals surface area contributed by atoms with Gasteiger partial charge in [-0.2, -0.15) is 5.26 Å². The highest BCUT2D eigenvalue weighted by molar-refractivity contribution is 9.10. The van der Waals surface area contributed by atoms with Crippen LogP contribution < -0.4 is 9.47 Å². The number of rotatable bonds is 8. The molecule has 3 aromatic rings. The normalized spacial score (nSPS) is 10.9. The van der Waals surface area contributed by atoms with Gasteiger partial charge in [-0.3, -0.25) is 10.1 Å². The third kappa shape index (κ3) is 5.93. The Morgan fingerprint density at radius 2 is 1.77 bits per heavy atom. The minimum atomic E-state index is -0.437. The Morgan fingerprint density at radius 1 is 1.06 bits per heavy atom. The number of nitriles is 1. The molecule has 0 heterocycles. The van der Waals surface area contributed by atoms with Crippen molar-refractivity contribution < 1.29 is 14.4 Å². The van der Waals surface area contributed by atoms with Crippen molar-refractivity contribution in [2.45, 2.75) is 13.5 Å². The van der Waals surface area contributed by atoms with Crippen molar-refractivity contribution >= 4 is 33.3 Å². The van der Waals surface area contributed by atoms with E-state index >= 15 is 0 Å². The van der Waals surface area contributed by atoms with Gasteiger partial charge in [0.2, 0.25) is 0 Å². The highest BCUT2D eigenvalue weighted by Gasteiger charge is 2.09. The fraction of sp³-hybridized carbons (Fsp3) is 0.125. The lowest BCUT2D eigenvalue weighted by Crippen LogP contribution is -2.00. The van der Waals surface area contributed by atoms with Gasteiger partial charge in [-0.15, -0.1) is 0 Å². The molecule has 0 bridgehead atoms. The van der Waals surface area contributed by atoms with E-state index in [4.69, 9.17) is 9.47 Å². The van der Waals surface area contributed by atoms with E-state index in [1.807, 2.05) is 43.3 Å². The molecule has 0 saturated heterocycles. The van der Waals surface area contributed by atoms with Crippen LogP contribution in [0, 0.1) is 21.4 Å². The maximum Gasteiger partial charge on any atom is 0.269 e. The van der Waals surface area contributed by atoms with E-state index in [1.165, 1.54) is 12.1 Å². The highest BCUT2D eigenvalue weighted by atomic mass is 79.9. The van der Waals surface area contributed by atoms with Crippen molar-refractivity contribution in [1.29, 1.82) is 5.26 Å². The Morgan fingerprint density at radius 3 is 2.39 bits per heavy atom. The monoisotopic (exact) mass is 478 g/mol. The zero-order chi connectivity index (χ0) is 22.2. The summed E-state index contributed by atoms with van der Waals surface area (Å²) in [5.74, 6) is 1.12. The van der Waals surface area contributed by atoms with E-state index in [9.17, 15) is 15.4 Å². The van der Waals surface area contributed by atoms with Crippen molar-refractivity contribution in [1.82, 2.24) is 0 Å². The second-order valence-corrected chi connectivity index (χ2v) is 7.44. The fourth-order valence-corrected chi connectivity index (χ4v) is 3.12. The smallest absolute Gasteiger partial charge is 0.269 e. The summed E-state index contributed by atoms with van der Waals surface area (Å²) in [6.45, 7) is 2.58. The number of nitrogens with zero attached hydrogens (tertiary/aromatic N) is 2. The summed E-state index contributed by atoms with van der Waals surface area (Å²) in [6, 6.07) is 21.5. The molecule has 0 aliphatic rings. The molecular weight excluding hydrogens is 460 g/mol. The SMILES string of the molecule is CCOc1cc(/C=C(/C#N)c2ccc(Br)cc2)ccc1OCc1ccc([N+](=O)[O-])cc1. The first-order chi connectivity index (χ1) is 15.0. The van der Waals surface area contributed by atoms with Crippen LogP contribution in [0.3, 0.4) is 0 Å². The molecule has 3 aromatic carbocycles. The molecular formula is C24H19BrN2O4. The molecule has 0 saturated carbocycles. The lowest BCUT2D eigenvalue weighted by Gasteiger charge is -2.13. The third-order valence-corrected chi connectivity index (χ3v) is 4.92. The van der Waals surface area contributed by atoms with E-state index < -0.39 is 4.92 Å². The Bertz CT molecular complexity index is 1130. The second kappa shape index (κ2) is 10.4. The van der Waals surface area contributed by atoms with Gasteiger partial charge in [-0.05, 0) is 66.1 Å². The Labute approximate surface area is 188 Å². The summed E-state index contributed by atoms with van der Waals surface area (Å²) in [7, 11) is 0. The van der Waals surface area contributed by atoms with Gasteiger partial charge in [0.05, 0.1) is 23.2 Å². The number of benzene rings is 3. The van der Waals surface area contributed by atoms with E-state index in [0.717, 1.165) is 21.2 Å². The van der Waals surface area contributed by atoms with Crippen molar-refractivity contribution in [3.8, 4) is 17.6 Å². The summed E-state index contributed by atoms with van der Waals surface area (Å²) < 4.78 is 12.5. The molecule has 0 aromatic heterocycles. The molecule has 31 heavy (non-hydrogen) atoms. The molecule has 3 rings (SSSR count). The van der Waals surface area contributed by atoms with Gasteiger partial charge >= 0.3 is 0 Å². The minimum absolute atomic E-state index is 0.0361. The van der Waals surface area contributed by atoms with Gasteiger partial charge in [-0.25, -0.2) is 0 Å². The van der Waals surface area contributed by atoms with Gasteiger partial charge in [-0.1, -0.05) is 34.1 Å². The minimum Gasteiger partial charge on any atom is -0.490 e. The number of hydrogen-bond donors (Lipinski definition) is 0. The molecule has 7 heteroatoms. The van der Waals surface area contributed by atoms with Crippen LogP contribution in [0.15, 0.2) is 71.2 Å². The summed E-state index contributed by atoms with van der Waals surface area (Å²) in [5.41, 5.74) is 3.01. The number of nitro groups is 1.